The van der Waals surface area contributed by atoms with Gasteiger partial charge < -0.3 is 29.7 Å². The maximum atomic E-state index is 13.9. The van der Waals surface area contributed by atoms with Crippen molar-refractivity contribution in [2.24, 2.45) is 0 Å². The van der Waals surface area contributed by atoms with Crippen LogP contribution < -0.4 is 10.2 Å². The van der Waals surface area contributed by atoms with Gasteiger partial charge in [0, 0.05) is 76.4 Å². The Kier molecular flexibility index (Phi) is 9.85. The van der Waals surface area contributed by atoms with E-state index in [0.29, 0.717) is 49.0 Å². The van der Waals surface area contributed by atoms with Crippen molar-refractivity contribution in [1.29, 1.82) is 0 Å². The highest BCUT2D eigenvalue weighted by molar-refractivity contribution is 6.34. The first kappa shape index (κ1) is 32.8. The summed E-state index contributed by atoms with van der Waals surface area (Å²) >= 11 is 6.61. The maximum Gasteiger partial charge on any atom is 0.410 e. The van der Waals surface area contributed by atoms with Gasteiger partial charge in [-0.15, -0.1) is 0 Å². The van der Waals surface area contributed by atoms with Crippen LogP contribution in [0.25, 0.3) is 5.69 Å². The molecule has 5 amide bonds. The molecule has 0 saturated carbocycles. The van der Waals surface area contributed by atoms with Crippen LogP contribution in [0.1, 0.15) is 50.0 Å². The smallest absolute Gasteiger partial charge is 0.410 e. The molecule has 0 radical (unpaired) electrons. The zero-order valence-electron chi connectivity index (χ0n) is 26.6. The first-order valence-corrected chi connectivity index (χ1v) is 15.8. The van der Waals surface area contributed by atoms with E-state index >= 15 is 0 Å². The van der Waals surface area contributed by atoms with Gasteiger partial charge >= 0.3 is 12.1 Å². The van der Waals surface area contributed by atoms with Crippen molar-refractivity contribution >= 4 is 41.2 Å². The van der Waals surface area contributed by atoms with Crippen LogP contribution >= 0.6 is 11.6 Å². The molecule has 244 valence electrons. The Morgan fingerprint density at radius 1 is 1.00 bits per heavy atom. The van der Waals surface area contributed by atoms with Gasteiger partial charge in [0.05, 0.1) is 16.3 Å². The summed E-state index contributed by atoms with van der Waals surface area (Å²) < 4.78 is 7.09. The van der Waals surface area contributed by atoms with Gasteiger partial charge in [-0.25, -0.2) is 14.3 Å². The number of rotatable bonds is 5. The minimum atomic E-state index is -0.579. The SMILES string of the molecule is CC1CN(C(=O)c2ccc(-n3cccn3)cc2Cl)c2ccccc2CN1C(=O)NCCC(=O)N1CCN(C(=O)OC(C)(C)C)CC1. The van der Waals surface area contributed by atoms with Crippen molar-refractivity contribution in [2.45, 2.75) is 52.3 Å². The van der Waals surface area contributed by atoms with Gasteiger partial charge in [0.25, 0.3) is 5.91 Å². The van der Waals surface area contributed by atoms with Crippen molar-refractivity contribution in [3.05, 3.63) is 77.1 Å². The van der Waals surface area contributed by atoms with Gasteiger partial charge in [-0.2, -0.15) is 5.10 Å². The number of amides is 5. The number of hydrogen-bond donors (Lipinski definition) is 1. The van der Waals surface area contributed by atoms with Crippen LogP contribution in [0.5, 0.6) is 0 Å². The predicted octanol–water partition coefficient (Wildman–Crippen LogP) is 4.56. The zero-order chi connectivity index (χ0) is 33.0. The second-order valence-corrected chi connectivity index (χ2v) is 12.9. The van der Waals surface area contributed by atoms with Crippen molar-refractivity contribution in [2.75, 3.05) is 44.2 Å². The number of nitrogens with zero attached hydrogens (tertiary/aromatic N) is 6. The number of anilines is 1. The second kappa shape index (κ2) is 13.8. The lowest BCUT2D eigenvalue weighted by Gasteiger charge is -2.35. The highest BCUT2D eigenvalue weighted by Gasteiger charge is 2.33. The average molecular weight is 650 g/mol. The molecule has 12 nitrogen and oxygen atoms in total. The molecule has 1 aromatic heterocycles. The summed E-state index contributed by atoms with van der Waals surface area (Å²) in [7, 11) is 0. The molecule has 1 N–H and O–H groups in total. The number of fused-ring (bicyclic) bond motifs is 1. The van der Waals surface area contributed by atoms with Crippen LogP contribution in [0, 0.1) is 0 Å². The van der Waals surface area contributed by atoms with Gasteiger partial charge in [-0.1, -0.05) is 29.8 Å². The van der Waals surface area contributed by atoms with Gasteiger partial charge in [0.15, 0.2) is 0 Å². The summed E-state index contributed by atoms with van der Waals surface area (Å²) in [5.41, 5.74) is 2.04. The van der Waals surface area contributed by atoms with E-state index in [4.69, 9.17) is 16.3 Å². The van der Waals surface area contributed by atoms with E-state index in [-0.39, 0.29) is 49.5 Å². The largest absolute Gasteiger partial charge is 0.444 e. The number of ether oxygens (including phenoxy) is 1. The Balaban J connectivity index is 1.19. The molecular weight excluding hydrogens is 610 g/mol. The Morgan fingerprint density at radius 3 is 2.39 bits per heavy atom. The molecule has 2 aliphatic rings. The Morgan fingerprint density at radius 2 is 1.72 bits per heavy atom. The average Bonchev–Trinajstić information content (AvgIpc) is 3.52. The molecule has 3 aromatic rings. The molecule has 2 aromatic carbocycles. The topological polar surface area (TPSA) is 120 Å². The normalized spacial score (nSPS) is 16.8. The van der Waals surface area contributed by atoms with E-state index in [1.165, 1.54) is 0 Å². The molecule has 0 aliphatic carbocycles. The second-order valence-electron chi connectivity index (χ2n) is 12.5. The Bertz CT molecular complexity index is 1580. The number of carbonyl (C=O) groups is 4. The van der Waals surface area contributed by atoms with Gasteiger partial charge in [-0.05, 0) is 63.6 Å². The molecule has 1 atom stereocenters. The van der Waals surface area contributed by atoms with Crippen molar-refractivity contribution in [3.63, 3.8) is 0 Å². The van der Waals surface area contributed by atoms with Crippen molar-refractivity contribution in [3.8, 4) is 5.69 Å². The Hall–Kier alpha value is -4.58. The monoisotopic (exact) mass is 649 g/mol. The summed E-state index contributed by atoms with van der Waals surface area (Å²) in [6.45, 7) is 9.66. The lowest BCUT2D eigenvalue weighted by Crippen LogP contribution is -2.52. The third-order valence-electron chi connectivity index (χ3n) is 7.96. The summed E-state index contributed by atoms with van der Waals surface area (Å²) in [6, 6.07) is 13.8. The lowest BCUT2D eigenvalue weighted by molar-refractivity contribution is -0.132. The molecule has 2 aliphatic heterocycles. The van der Waals surface area contributed by atoms with Crippen molar-refractivity contribution in [1.82, 2.24) is 29.8 Å². The number of nitrogens with one attached hydrogen (secondary N) is 1. The summed E-state index contributed by atoms with van der Waals surface area (Å²) in [5, 5.41) is 7.42. The number of carbonyl (C=O) groups excluding carboxylic acids is 4. The number of piperazine rings is 1. The molecule has 1 saturated heterocycles. The van der Waals surface area contributed by atoms with Crippen LogP contribution in [0.15, 0.2) is 60.9 Å². The first-order chi connectivity index (χ1) is 21.9. The fourth-order valence-corrected chi connectivity index (χ4v) is 5.82. The van der Waals surface area contributed by atoms with Crippen LogP contribution in [-0.4, -0.2) is 99.3 Å². The molecule has 3 heterocycles. The van der Waals surface area contributed by atoms with Gasteiger partial charge in [-0.3, -0.25) is 9.59 Å². The van der Waals surface area contributed by atoms with E-state index < -0.39 is 5.60 Å². The maximum absolute atomic E-state index is 13.9. The van der Waals surface area contributed by atoms with E-state index in [0.717, 1.165) is 11.3 Å². The number of hydrogen-bond acceptors (Lipinski definition) is 6. The number of benzene rings is 2. The molecular formula is C33H40ClN7O5. The van der Waals surface area contributed by atoms with Crippen LogP contribution in [0.4, 0.5) is 15.3 Å². The third-order valence-corrected chi connectivity index (χ3v) is 8.27. The highest BCUT2D eigenvalue weighted by atomic mass is 35.5. The minimum absolute atomic E-state index is 0.0920. The molecule has 0 spiro atoms. The summed E-state index contributed by atoms with van der Waals surface area (Å²) in [4.78, 5) is 59.2. The number of urea groups is 1. The molecule has 1 unspecified atom stereocenters. The van der Waals surface area contributed by atoms with E-state index in [2.05, 4.69) is 10.4 Å². The van der Waals surface area contributed by atoms with E-state index in [9.17, 15) is 19.2 Å². The molecule has 13 heteroatoms. The van der Waals surface area contributed by atoms with E-state index in [1.54, 1.807) is 60.9 Å². The highest BCUT2D eigenvalue weighted by Crippen LogP contribution is 2.31. The number of halogens is 1. The lowest BCUT2D eigenvalue weighted by atomic mass is 10.1. The van der Waals surface area contributed by atoms with Gasteiger partial charge in [0.2, 0.25) is 5.91 Å². The minimum Gasteiger partial charge on any atom is -0.444 e. The molecule has 0 bridgehead atoms. The predicted molar refractivity (Wildman–Crippen MR) is 174 cm³/mol. The zero-order valence-corrected chi connectivity index (χ0v) is 27.4. The first-order valence-electron chi connectivity index (χ1n) is 15.4. The van der Waals surface area contributed by atoms with Gasteiger partial charge in [0.1, 0.15) is 5.60 Å². The number of aromatic nitrogens is 2. The van der Waals surface area contributed by atoms with Crippen LogP contribution in [-0.2, 0) is 16.1 Å². The number of para-hydroxylation sites is 1. The quantitative estimate of drug-likeness (QED) is 0.433. The molecule has 1 fully saturated rings. The van der Waals surface area contributed by atoms with Crippen molar-refractivity contribution < 1.29 is 23.9 Å². The fraction of sp³-hybridized carbons (Fsp3) is 0.424. The third kappa shape index (κ3) is 7.61. The fourth-order valence-electron chi connectivity index (χ4n) is 5.56. The Labute approximate surface area is 273 Å². The summed E-state index contributed by atoms with van der Waals surface area (Å²) in [6.07, 6.45) is 3.21. The van der Waals surface area contributed by atoms with Crippen LogP contribution in [0.2, 0.25) is 5.02 Å². The van der Waals surface area contributed by atoms with Crippen LogP contribution in [0.3, 0.4) is 0 Å². The molecule has 46 heavy (non-hydrogen) atoms. The standard InChI is InChI=1S/C33H40ClN7O5/c1-23-21-40(30(43)26-11-10-25(20-27(26)34)41-15-7-13-36-41)28-9-6-5-8-24(28)22-39(23)31(44)35-14-12-29(42)37-16-18-38(19-17-37)32(45)46-33(2,3)4/h5-11,13,15,20,23H,12,14,16-19,21-22H2,1-4H3,(H,35,44). The summed E-state index contributed by atoms with van der Waals surface area (Å²) in [5.74, 6) is -0.360. The molecule has 5 rings (SSSR count). The van der Waals surface area contributed by atoms with E-state index in [1.807, 2.05) is 52.0 Å².